The van der Waals surface area contributed by atoms with E-state index in [1.165, 1.54) is 27.5 Å². The third-order valence-electron chi connectivity index (χ3n) is 3.63. The van der Waals surface area contributed by atoms with Crippen molar-refractivity contribution in [2.24, 2.45) is 5.10 Å². The van der Waals surface area contributed by atoms with E-state index in [1.807, 2.05) is 19.1 Å². The lowest BCUT2D eigenvalue weighted by molar-refractivity contribution is -0.123. The minimum absolute atomic E-state index is 0.173. The number of carbonyl (C=O) groups is 1. The zero-order valence-corrected chi connectivity index (χ0v) is 19.0. The number of hydrogen-bond acceptors (Lipinski definition) is 6. The summed E-state index contributed by atoms with van der Waals surface area (Å²) in [5.41, 5.74) is 3.99. The van der Waals surface area contributed by atoms with Crippen LogP contribution in [0.3, 0.4) is 0 Å². The van der Waals surface area contributed by atoms with Crippen LogP contribution < -0.4 is 24.4 Å². The van der Waals surface area contributed by atoms with Crippen LogP contribution in [0.1, 0.15) is 11.1 Å². The van der Waals surface area contributed by atoms with Crippen LogP contribution in [-0.2, 0) is 4.79 Å². The molecule has 0 bridgehead atoms. The number of hydrazone groups is 1. The van der Waals surface area contributed by atoms with E-state index in [0.29, 0.717) is 28.6 Å². The van der Waals surface area contributed by atoms with Gasteiger partial charge in [-0.3, -0.25) is 4.79 Å². The number of aryl methyl sites for hydroxylation is 1. The van der Waals surface area contributed by atoms with Crippen LogP contribution in [0.4, 0.5) is 0 Å². The molecule has 0 saturated heterocycles. The summed E-state index contributed by atoms with van der Waals surface area (Å²) in [6, 6.07) is 7.19. The molecule has 0 heterocycles. The van der Waals surface area contributed by atoms with Crippen LogP contribution in [0, 0.1) is 6.92 Å². The van der Waals surface area contributed by atoms with Crippen molar-refractivity contribution in [2.45, 2.75) is 6.92 Å². The summed E-state index contributed by atoms with van der Waals surface area (Å²) in [6.07, 6.45) is 1.48. The molecule has 0 aromatic heterocycles. The monoisotopic (exact) mass is 514 g/mol. The van der Waals surface area contributed by atoms with Gasteiger partial charge in [0.2, 0.25) is 5.75 Å². The van der Waals surface area contributed by atoms with Gasteiger partial charge in [-0.25, -0.2) is 5.43 Å². The summed E-state index contributed by atoms with van der Waals surface area (Å²) < 4.78 is 23.1. The largest absolute Gasteiger partial charge is 0.493 e. The maximum Gasteiger partial charge on any atom is 0.277 e. The smallest absolute Gasteiger partial charge is 0.277 e. The molecule has 0 radical (unpaired) electrons. The van der Waals surface area contributed by atoms with Gasteiger partial charge in [-0.2, -0.15) is 5.10 Å². The Morgan fingerprint density at radius 2 is 1.68 bits per heavy atom. The highest BCUT2D eigenvalue weighted by Crippen LogP contribution is 2.37. The van der Waals surface area contributed by atoms with E-state index in [9.17, 15) is 4.79 Å². The molecule has 0 spiro atoms. The molecule has 7 nitrogen and oxygen atoms in total. The molecular weight excluding hydrogens is 496 g/mol. The Labute approximate surface area is 180 Å². The first-order chi connectivity index (χ1) is 13.4. The topological polar surface area (TPSA) is 78.4 Å². The predicted molar refractivity (Wildman–Crippen MR) is 114 cm³/mol. The maximum absolute atomic E-state index is 12.0. The Bertz CT molecular complexity index is 839. The molecule has 0 aliphatic rings. The number of amides is 1. The molecular formula is C19H20Br2N2O5. The molecule has 150 valence electrons. The number of nitrogens with zero attached hydrogens (tertiary/aromatic N) is 1. The second-order valence-electron chi connectivity index (χ2n) is 5.57. The Balaban J connectivity index is 2.00. The number of benzene rings is 2. The van der Waals surface area contributed by atoms with E-state index in [4.69, 9.17) is 18.9 Å². The van der Waals surface area contributed by atoms with Crippen molar-refractivity contribution in [3.8, 4) is 23.0 Å². The van der Waals surface area contributed by atoms with Gasteiger partial charge < -0.3 is 18.9 Å². The van der Waals surface area contributed by atoms with Crippen LogP contribution in [0.15, 0.2) is 38.3 Å². The molecule has 2 aromatic carbocycles. The zero-order chi connectivity index (χ0) is 20.7. The van der Waals surface area contributed by atoms with E-state index in [2.05, 4.69) is 42.4 Å². The molecule has 28 heavy (non-hydrogen) atoms. The van der Waals surface area contributed by atoms with E-state index in [1.54, 1.807) is 12.1 Å². The second kappa shape index (κ2) is 10.3. The summed E-state index contributed by atoms with van der Waals surface area (Å²) in [5.74, 6) is 1.68. The molecule has 0 unspecified atom stereocenters. The normalized spacial score (nSPS) is 10.6. The number of halogens is 2. The first kappa shape index (κ1) is 22.0. The number of nitrogens with one attached hydrogen (secondary N) is 1. The molecule has 2 rings (SSSR count). The Morgan fingerprint density at radius 1 is 1.04 bits per heavy atom. The quantitative estimate of drug-likeness (QED) is 0.423. The zero-order valence-electron chi connectivity index (χ0n) is 15.8. The lowest BCUT2D eigenvalue weighted by Gasteiger charge is -2.12. The van der Waals surface area contributed by atoms with Gasteiger partial charge in [-0.15, -0.1) is 0 Å². The molecule has 1 amide bonds. The fourth-order valence-electron chi connectivity index (χ4n) is 2.40. The fourth-order valence-corrected chi connectivity index (χ4v) is 3.95. The average molecular weight is 516 g/mol. The number of methoxy groups -OCH3 is 3. The third-order valence-corrected chi connectivity index (χ3v) is 4.68. The van der Waals surface area contributed by atoms with Crippen molar-refractivity contribution < 1.29 is 23.7 Å². The summed E-state index contributed by atoms with van der Waals surface area (Å²) in [6.45, 7) is 1.72. The fraction of sp³-hybridized carbons (Fsp3) is 0.263. The van der Waals surface area contributed by atoms with Crippen LogP contribution >= 0.6 is 31.9 Å². The number of carbonyl (C=O) groups excluding carboxylic acids is 1. The van der Waals surface area contributed by atoms with Crippen LogP contribution in [0.2, 0.25) is 0 Å². The van der Waals surface area contributed by atoms with Crippen molar-refractivity contribution in [3.63, 3.8) is 0 Å². The van der Waals surface area contributed by atoms with Crippen molar-refractivity contribution in [3.05, 3.63) is 44.3 Å². The number of hydrogen-bond donors (Lipinski definition) is 1. The van der Waals surface area contributed by atoms with Gasteiger partial charge >= 0.3 is 0 Å². The first-order valence-electron chi connectivity index (χ1n) is 8.10. The van der Waals surface area contributed by atoms with Crippen LogP contribution in [-0.4, -0.2) is 40.1 Å². The van der Waals surface area contributed by atoms with Gasteiger partial charge in [0.25, 0.3) is 5.91 Å². The average Bonchev–Trinajstić information content (AvgIpc) is 2.66. The molecule has 0 saturated carbocycles. The third kappa shape index (κ3) is 5.62. The molecule has 9 heteroatoms. The van der Waals surface area contributed by atoms with Crippen molar-refractivity contribution in [1.29, 1.82) is 0 Å². The Morgan fingerprint density at radius 3 is 2.21 bits per heavy atom. The Hall–Kier alpha value is -2.26. The molecule has 0 aliphatic carbocycles. The van der Waals surface area contributed by atoms with Crippen LogP contribution in [0.5, 0.6) is 23.0 Å². The summed E-state index contributed by atoms with van der Waals surface area (Å²) >= 11 is 6.82. The van der Waals surface area contributed by atoms with Crippen molar-refractivity contribution in [2.75, 3.05) is 27.9 Å². The SMILES string of the molecule is COc1cc(/C=N/NC(=O)COc2c(C)cc(Br)cc2Br)cc(OC)c1OC. The number of ether oxygens (including phenoxy) is 4. The van der Waals surface area contributed by atoms with Gasteiger partial charge in [0.1, 0.15) is 5.75 Å². The lowest BCUT2D eigenvalue weighted by Crippen LogP contribution is -2.24. The molecule has 0 fully saturated rings. The minimum atomic E-state index is -0.391. The van der Waals surface area contributed by atoms with Gasteiger partial charge in [0.05, 0.1) is 32.0 Å². The molecule has 0 aliphatic heterocycles. The maximum atomic E-state index is 12.0. The summed E-state index contributed by atoms with van der Waals surface area (Å²) in [4.78, 5) is 12.0. The number of rotatable bonds is 8. The van der Waals surface area contributed by atoms with E-state index >= 15 is 0 Å². The highest BCUT2D eigenvalue weighted by atomic mass is 79.9. The highest BCUT2D eigenvalue weighted by Gasteiger charge is 2.13. The van der Waals surface area contributed by atoms with E-state index < -0.39 is 5.91 Å². The van der Waals surface area contributed by atoms with E-state index in [0.717, 1.165) is 14.5 Å². The Kier molecular flexibility index (Phi) is 8.13. The standard InChI is InChI=1S/C19H20Br2N2O5/c1-11-5-13(20)8-14(21)18(11)28-10-17(24)23-22-9-12-6-15(25-2)19(27-4)16(7-12)26-3/h5-9H,10H2,1-4H3,(H,23,24)/b22-9+. The van der Waals surface area contributed by atoms with Crippen LogP contribution in [0.25, 0.3) is 0 Å². The lowest BCUT2D eigenvalue weighted by atomic mass is 10.2. The summed E-state index contributed by atoms with van der Waals surface area (Å²) in [5, 5.41) is 3.94. The summed E-state index contributed by atoms with van der Waals surface area (Å²) in [7, 11) is 4.58. The van der Waals surface area contributed by atoms with E-state index in [-0.39, 0.29) is 6.61 Å². The highest BCUT2D eigenvalue weighted by molar-refractivity contribution is 9.11. The molecule has 2 aromatic rings. The van der Waals surface area contributed by atoms with Crippen molar-refractivity contribution >= 4 is 44.0 Å². The molecule has 1 N–H and O–H groups in total. The molecule has 0 atom stereocenters. The van der Waals surface area contributed by atoms with Crippen molar-refractivity contribution in [1.82, 2.24) is 5.43 Å². The van der Waals surface area contributed by atoms with Gasteiger partial charge in [0, 0.05) is 10.0 Å². The predicted octanol–water partition coefficient (Wildman–Crippen LogP) is 4.07. The van der Waals surface area contributed by atoms with Gasteiger partial charge in [0.15, 0.2) is 18.1 Å². The first-order valence-corrected chi connectivity index (χ1v) is 9.68. The minimum Gasteiger partial charge on any atom is -0.493 e. The second-order valence-corrected chi connectivity index (χ2v) is 7.34. The van der Waals surface area contributed by atoms with Gasteiger partial charge in [-0.1, -0.05) is 15.9 Å². The van der Waals surface area contributed by atoms with Gasteiger partial charge in [-0.05, 0) is 52.7 Å².